The first-order valence-electron chi connectivity index (χ1n) is 8.69. The van der Waals surface area contributed by atoms with E-state index in [-0.39, 0.29) is 18.0 Å². The predicted octanol–water partition coefficient (Wildman–Crippen LogP) is 4.71. The van der Waals surface area contributed by atoms with E-state index in [9.17, 15) is 28.1 Å². The summed E-state index contributed by atoms with van der Waals surface area (Å²) in [6.07, 6.45) is -4.73. The van der Waals surface area contributed by atoms with E-state index in [0.29, 0.717) is 22.9 Å². The largest absolute Gasteiger partial charge is 0.486 e. The number of aryl methyl sites for hydroxylation is 1. The molecular weight excluding hydrogens is 437 g/mol. The summed E-state index contributed by atoms with van der Waals surface area (Å²) < 4.78 is 43.9. The molecule has 0 radical (unpaired) electrons. The minimum atomic E-state index is -4.73. The molecule has 0 aliphatic rings. The smallest absolute Gasteiger partial charge is 0.416 e. The summed E-state index contributed by atoms with van der Waals surface area (Å²) in [5.74, 6) is -0.0740. The number of thiazole rings is 1. The Morgan fingerprint density at radius 1 is 1.23 bits per heavy atom. The van der Waals surface area contributed by atoms with Gasteiger partial charge in [-0.05, 0) is 31.2 Å². The molecular formula is C19H15F3N4O4S. The summed E-state index contributed by atoms with van der Waals surface area (Å²) in [5.41, 5.74) is 3.26. The quantitative estimate of drug-likeness (QED) is 0.397. The summed E-state index contributed by atoms with van der Waals surface area (Å²) in [6.45, 7) is 2.08. The third-order valence-electron chi connectivity index (χ3n) is 4.00. The van der Waals surface area contributed by atoms with Crippen molar-refractivity contribution in [2.24, 2.45) is 0 Å². The number of ether oxygens (including phenoxy) is 1. The second-order valence-electron chi connectivity index (χ2n) is 6.29. The maximum atomic E-state index is 12.8. The van der Waals surface area contributed by atoms with Gasteiger partial charge >= 0.3 is 6.18 Å². The van der Waals surface area contributed by atoms with Gasteiger partial charge in [0.05, 0.1) is 10.5 Å². The monoisotopic (exact) mass is 452 g/mol. The van der Waals surface area contributed by atoms with Crippen molar-refractivity contribution in [1.82, 2.24) is 10.4 Å². The number of amides is 1. The highest BCUT2D eigenvalue weighted by Gasteiger charge is 2.33. The second kappa shape index (κ2) is 9.00. The van der Waals surface area contributed by atoms with Crippen molar-refractivity contribution in [2.45, 2.75) is 19.7 Å². The molecule has 1 heterocycles. The number of benzene rings is 2. The van der Waals surface area contributed by atoms with Crippen LogP contribution in [-0.2, 0) is 12.8 Å². The SMILES string of the molecule is Cc1ccc(OCc2nc(C(=O)NNc3ccc(C(F)(F)F)cc3[N+](=O)[O-])cs2)cc1. The molecule has 0 atom stereocenters. The van der Waals surface area contributed by atoms with Crippen LogP contribution in [0, 0.1) is 17.0 Å². The number of nitrogens with zero attached hydrogens (tertiary/aromatic N) is 2. The van der Waals surface area contributed by atoms with E-state index >= 15 is 0 Å². The fourth-order valence-corrected chi connectivity index (χ4v) is 3.10. The number of nitrogens with one attached hydrogen (secondary N) is 2. The van der Waals surface area contributed by atoms with Crippen molar-refractivity contribution in [1.29, 1.82) is 0 Å². The summed E-state index contributed by atoms with van der Waals surface area (Å²) in [5, 5.41) is 13.1. The molecule has 1 aromatic heterocycles. The molecule has 2 N–H and O–H groups in total. The maximum Gasteiger partial charge on any atom is 0.416 e. The first-order valence-corrected chi connectivity index (χ1v) is 9.57. The van der Waals surface area contributed by atoms with Crippen LogP contribution < -0.4 is 15.6 Å². The molecule has 162 valence electrons. The lowest BCUT2D eigenvalue weighted by Crippen LogP contribution is -2.30. The molecule has 0 fully saturated rings. The highest BCUT2D eigenvalue weighted by molar-refractivity contribution is 7.09. The van der Waals surface area contributed by atoms with Crippen LogP contribution in [0.5, 0.6) is 5.75 Å². The maximum absolute atomic E-state index is 12.8. The van der Waals surface area contributed by atoms with E-state index in [0.717, 1.165) is 11.6 Å². The summed E-state index contributed by atoms with van der Waals surface area (Å²) in [7, 11) is 0. The van der Waals surface area contributed by atoms with Crippen LogP contribution in [0.2, 0.25) is 0 Å². The molecule has 0 saturated carbocycles. The highest BCUT2D eigenvalue weighted by atomic mass is 32.1. The lowest BCUT2D eigenvalue weighted by Gasteiger charge is -2.11. The first kappa shape index (κ1) is 22.0. The number of rotatable bonds is 7. The molecule has 2 aromatic carbocycles. The molecule has 8 nitrogen and oxygen atoms in total. The van der Waals surface area contributed by atoms with Gasteiger partial charge in [-0.25, -0.2) is 4.98 Å². The molecule has 0 aliphatic heterocycles. The molecule has 0 aliphatic carbocycles. The van der Waals surface area contributed by atoms with Crippen LogP contribution in [0.15, 0.2) is 47.8 Å². The number of aromatic nitrogens is 1. The summed E-state index contributed by atoms with van der Waals surface area (Å²) >= 11 is 1.18. The topological polar surface area (TPSA) is 106 Å². The fourth-order valence-electron chi connectivity index (χ4n) is 2.41. The zero-order valence-electron chi connectivity index (χ0n) is 15.9. The number of halogens is 3. The van der Waals surface area contributed by atoms with Crippen molar-refractivity contribution in [2.75, 3.05) is 5.43 Å². The second-order valence-corrected chi connectivity index (χ2v) is 7.24. The molecule has 0 saturated heterocycles. The third kappa shape index (κ3) is 5.69. The van der Waals surface area contributed by atoms with E-state index in [1.54, 1.807) is 12.1 Å². The molecule has 3 rings (SSSR count). The lowest BCUT2D eigenvalue weighted by atomic mass is 10.1. The van der Waals surface area contributed by atoms with Gasteiger partial charge in [-0.15, -0.1) is 11.3 Å². The van der Waals surface area contributed by atoms with Crippen molar-refractivity contribution in [3.8, 4) is 5.75 Å². The van der Waals surface area contributed by atoms with E-state index in [1.807, 2.05) is 19.1 Å². The van der Waals surface area contributed by atoms with Gasteiger partial charge in [-0.3, -0.25) is 25.8 Å². The molecule has 0 spiro atoms. The van der Waals surface area contributed by atoms with E-state index < -0.39 is 28.3 Å². The van der Waals surface area contributed by atoms with Gasteiger partial charge in [0.2, 0.25) is 0 Å². The lowest BCUT2D eigenvalue weighted by molar-refractivity contribution is -0.384. The Morgan fingerprint density at radius 2 is 1.94 bits per heavy atom. The normalized spacial score (nSPS) is 11.1. The molecule has 0 unspecified atom stereocenters. The Kier molecular flexibility index (Phi) is 6.39. The number of anilines is 1. The van der Waals surface area contributed by atoms with Crippen molar-refractivity contribution < 1.29 is 27.6 Å². The third-order valence-corrected chi connectivity index (χ3v) is 4.82. The number of alkyl halides is 3. The van der Waals surface area contributed by atoms with Crippen molar-refractivity contribution in [3.63, 3.8) is 0 Å². The number of nitro groups is 1. The minimum Gasteiger partial charge on any atom is -0.486 e. The van der Waals surface area contributed by atoms with Gasteiger partial charge in [-0.1, -0.05) is 17.7 Å². The van der Waals surface area contributed by atoms with Crippen LogP contribution in [-0.4, -0.2) is 15.8 Å². The van der Waals surface area contributed by atoms with Gasteiger partial charge < -0.3 is 4.74 Å². The van der Waals surface area contributed by atoms with Gasteiger partial charge in [-0.2, -0.15) is 13.2 Å². The van der Waals surface area contributed by atoms with Crippen LogP contribution in [0.3, 0.4) is 0 Å². The van der Waals surface area contributed by atoms with Crippen LogP contribution >= 0.6 is 11.3 Å². The van der Waals surface area contributed by atoms with Crippen LogP contribution in [0.25, 0.3) is 0 Å². The predicted molar refractivity (Wildman–Crippen MR) is 107 cm³/mol. The zero-order valence-corrected chi connectivity index (χ0v) is 16.7. The summed E-state index contributed by atoms with van der Waals surface area (Å²) in [4.78, 5) is 26.5. The van der Waals surface area contributed by atoms with Gasteiger partial charge in [0.1, 0.15) is 28.7 Å². The molecule has 31 heavy (non-hydrogen) atoms. The number of carbonyl (C=O) groups excluding carboxylic acids is 1. The average Bonchev–Trinajstić information content (AvgIpc) is 3.20. The Labute approximate surface area is 177 Å². The molecule has 0 bridgehead atoms. The van der Waals surface area contributed by atoms with Crippen molar-refractivity contribution in [3.05, 3.63) is 79.8 Å². The standard InChI is InChI=1S/C19H15F3N4O4S/c1-11-2-5-13(6-3-11)30-9-17-23-15(10-31-17)18(27)25-24-14-7-4-12(19(20,21)22)8-16(14)26(28)29/h2-8,10,24H,9H2,1H3,(H,25,27). The minimum absolute atomic E-state index is 0.0228. The Morgan fingerprint density at radius 3 is 2.58 bits per heavy atom. The number of hydrogen-bond donors (Lipinski definition) is 2. The highest BCUT2D eigenvalue weighted by Crippen LogP contribution is 2.34. The van der Waals surface area contributed by atoms with Crippen LogP contribution in [0.1, 0.15) is 26.6 Å². The fraction of sp³-hybridized carbons (Fsp3) is 0.158. The number of carbonyl (C=O) groups is 1. The zero-order chi connectivity index (χ0) is 22.6. The molecule has 3 aromatic rings. The van der Waals surface area contributed by atoms with E-state index in [1.165, 1.54) is 16.7 Å². The van der Waals surface area contributed by atoms with E-state index in [4.69, 9.17) is 4.74 Å². The average molecular weight is 452 g/mol. The van der Waals surface area contributed by atoms with Gasteiger partial charge in [0, 0.05) is 11.4 Å². The molecule has 12 heteroatoms. The number of hydrogen-bond acceptors (Lipinski definition) is 7. The van der Waals surface area contributed by atoms with Gasteiger partial charge in [0.25, 0.3) is 11.6 Å². The first-order chi connectivity index (χ1) is 14.6. The number of hydrazine groups is 1. The Hall–Kier alpha value is -3.67. The van der Waals surface area contributed by atoms with E-state index in [2.05, 4.69) is 15.8 Å². The Balaban J connectivity index is 1.62. The molecule has 1 amide bonds. The van der Waals surface area contributed by atoms with Crippen molar-refractivity contribution >= 4 is 28.6 Å². The number of nitro benzene ring substituents is 1. The van der Waals surface area contributed by atoms with Gasteiger partial charge in [0.15, 0.2) is 0 Å². The van der Waals surface area contributed by atoms with Crippen LogP contribution in [0.4, 0.5) is 24.5 Å². The Bertz CT molecular complexity index is 1100. The summed E-state index contributed by atoms with van der Waals surface area (Å²) in [6, 6.07) is 9.31.